The van der Waals surface area contributed by atoms with E-state index in [0.717, 1.165) is 42.0 Å². The summed E-state index contributed by atoms with van der Waals surface area (Å²) in [5.41, 5.74) is 8.50. The second-order valence-electron chi connectivity index (χ2n) is 5.63. The molecule has 6 nitrogen and oxygen atoms in total. The number of nitrogen functional groups attached to an aromatic ring is 1. The highest BCUT2D eigenvalue weighted by atomic mass is 16.5. The van der Waals surface area contributed by atoms with E-state index in [1.54, 1.807) is 20.2 Å². The maximum atomic E-state index is 11.9. The van der Waals surface area contributed by atoms with E-state index in [0.29, 0.717) is 0 Å². The van der Waals surface area contributed by atoms with E-state index in [1.165, 1.54) is 0 Å². The largest absolute Gasteiger partial charge is 0.497 e. The van der Waals surface area contributed by atoms with Crippen LogP contribution in [-0.4, -0.2) is 34.4 Å². The number of nitrogens with zero attached hydrogens (tertiary/aromatic N) is 3. The van der Waals surface area contributed by atoms with Gasteiger partial charge in [-0.25, -0.2) is 9.97 Å². The van der Waals surface area contributed by atoms with Crippen LogP contribution in [0.5, 0.6) is 5.75 Å². The molecule has 2 aromatic rings. The van der Waals surface area contributed by atoms with E-state index in [4.69, 9.17) is 10.5 Å². The lowest BCUT2D eigenvalue weighted by Crippen LogP contribution is -2.29. The van der Waals surface area contributed by atoms with E-state index in [9.17, 15) is 4.79 Å². The monoisotopic (exact) mass is 312 g/mol. The zero-order valence-corrected chi connectivity index (χ0v) is 13.3. The molecule has 1 amide bonds. The molecular weight excluding hydrogens is 292 g/mol. The summed E-state index contributed by atoms with van der Waals surface area (Å²) in [4.78, 5) is 22.3. The van der Waals surface area contributed by atoms with Crippen LogP contribution in [0.4, 0.5) is 5.95 Å². The minimum Gasteiger partial charge on any atom is -0.497 e. The number of hydrogen-bond donors (Lipinski definition) is 1. The standard InChI is InChI=1S/C17H20N4O2/c1-11(22)21-9-3-4-15(21)16-14(10-19-17(18)20-16)12-5-7-13(23-2)8-6-12/h5-8,10,15H,3-4,9H2,1-2H3,(H2,18,19,20)/t15-/m0/s1. The van der Waals surface area contributed by atoms with E-state index >= 15 is 0 Å². The summed E-state index contributed by atoms with van der Waals surface area (Å²) >= 11 is 0. The molecule has 1 fully saturated rings. The van der Waals surface area contributed by atoms with E-state index in [2.05, 4.69) is 9.97 Å². The quantitative estimate of drug-likeness (QED) is 0.941. The summed E-state index contributed by atoms with van der Waals surface area (Å²) in [6.45, 7) is 2.35. The maximum absolute atomic E-state index is 11.9. The molecule has 1 saturated heterocycles. The fraction of sp³-hybridized carbons (Fsp3) is 0.353. The van der Waals surface area contributed by atoms with E-state index in [1.807, 2.05) is 29.2 Å². The summed E-state index contributed by atoms with van der Waals surface area (Å²) < 4.78 is 5.20. The van der Waals surface area contributed by atoms with Crippen molar-refractivity contribution in [3.63, 3.8) is 0 Å². The Labute approximate surface area is 135 Å². The van der Waals surface area contributed by atoms with Gasteiger partial charge in [-0.05, 0) is 30.5 Å². The third kappa shape index (κ3) is 2.97. The molecule has 23 heavy (non-hydrogen) atoms. The molecular formula is C17H20N4O2. The van der Waals surface area contributed by atoms with E-state index < -0.39 is 0 Å². The van der Waals surface area contributed by atoms with Crippen LogP contribution in [0.15, 0.2) is 30.5 Å². The minimum atomic E-state index is -0.0464. The number of ether oxygens (including phenoxy) is 1. The number of anilines is 1. The summed E-state index contributed by atoms with van der Waals surface area (Å²) in [6, 6.07) is 7.67. The smallest absolute Gasteiger partial charge is 0.220 e. The third-order valence-corrected chi connectivity index (χ3v) is 4.21. The number of likely N-dealkylation sites (tertiary alicyclic amines) is 1. The molecule has 3 rings (SSSR count). The van der Waals surface area contributed by atoms with Gasteiger partial charge >= 0.3 is 0 Å². The Balaban J connectivity index is 2.05. The molecule has 2 N–H and O–H groups in total. The molecule has 0 saturated carbocycles. The number of nitrogens with two attached hydrogens (primary N) is 1. The van der Waals surface area contributed by atoms with Crippen LogP contribution in [0.25, 0.3) is 11.1 Å². The number of rotatable bonds is 3. The SMILES string of the molecule is COc1ccc(-c2cnc(N)nc2[C@@H]2CCCN2C(C)=O)cc1. The number of benzene rings is 1. The van der Waals surface area contributed by atoms with Crippen LogP contribution in [0, 0.1) is 0 Å². The zero-order valence-electron chi connectivity index (χ0n) is 13.3. The lowest BCUT2D eigenvalue weighted by Gasteiger charge is -2.24. The van der Waals surface area contributed by atoms with E-state index in [-0.39, 0.29) is 17.9 Å². The Hall–Kier alpha value is -2.63. The van der Waals surface area contributed by atoms with Crippen molar-refractivity contribution >= 4 is 11.9 Å². The van der Waals surface area contributed by atoms with Crippen LogP contribution < -0.4 is 10.5 Å². The highest BCUT2D eigenvalue weighted by molar-refractivity contribution is 5.75. The zero-order chi connectivity index (χ0) is 16.4. The molecule has 0 spiro atoms. The van der Waals surface area contributed by atoms with Gasteiger partial charge in [0.1, 0.15) is 5.75 Å². The van der Waals surface area contributed by atoms with Gasteiger partial charge in [-0.15, -0.1) is 0 Å². The van der Waals surface area contributed by atoms with Crippen LogP contribution in [-0.2, 0) is 4.79 Å². The number of aromatic nitrogens is 2. The number of methoxy groups -OCH3 is 1. The van der Waals surface area contributed by atoms with Gasteiger partial charge in [0.2, 0.25) is 11.9 Å². The average molecular weight is 312 g/mol. The first-order valence-corrected chi connectivity index (χ1v) is 7.64. The maximum Gasteiger partial charge on any atom is 0.220 e. The van der Waals surface area contributed by atoms with Crippen molar-refractivity contribution in [2.24, 2.45) is 0 Å². The first-order valence-electron chi connectivity index (χ1n) is 7.64. The van der Waals surface area contributed by atoms with Crippen molar-refractivity contribution in [1.82, 2.24) is 14.9 Å². The Morgan fingerprint density at radius 1 is 1.35 bits per heavy atom. The second-order valence-corrected chi connectivity index (χ2v) is 5.63. The predicted molar refractivity (Wildman–Crippen MR) is 87.8 cm³/mol. The first-order chi connectivity index (χ1) is 11.1. The number of hydrogen-bond acceptors (Lipinski definition) is 5. The molecule has 0 aliphatic carbocycles. The molecule has 1 aliphatic rings. The van der Waals surface area contributed by atoms with Crippen molar-refractivity contribution in [3.05, 3.63) is 36.2 Å². The summed E-state index contributed by atoms with van der Waals surface area (Å²) in [6.07, 6.45) is 3.59. The molecule has 1 atom stereocenters. The molecule has 6 heteroatoms. The van der Waals surface area contributed by atoms with Crippen LogP contribution in [0.1, 0.15) is 31.5 Å². The highest BCUT2D eigenvalue weighted by Gasteiger charge is 2.31. The van der Waals surface area contributed by atoms with Gasteiger partial charge in [0.05, 0.1) is 18.8 Å². The molecule has 0 radical (unpaired) electrons. The first kappa shape index (κ1) is 15.3. The predicted octanol–water partition coefficient (Wildman–Crippen LogP) is 2.42. The van der Waals surface area contributed by atoms with Crippen molar-refractivity contribution < 1.29 is 9.53 Å². The van der Waals surface area contributed by atoms with Gasteiger partial charge in [0, 0.05) is 25.2 Å². The topological polar surface area (TPSA) is 81.3 Å². The van der Waals surface area contributed by atoms with Gasteiger partial charge < -0.3 is 15.4 Å². The van der Waals surface area contributed by atoms with Crippen molar-refractivity contribution in [2.45, 2.75) is 25.8 Å². The molecule has 1 aromatic heterocycles. The minimum absolute atomic E-state index is 0.0464. The van der Waals surface area contributed by atoms with Crippen LogP contribution >= 0.6 is 0 Å². The third-order valence-electron chi connectivity index (χ3n) is 4.21. The van der Waals surface area contributed by atoms with Gasteiger partial charge in [-0.2, -0.15) is 0 Å². The molecule has 2 heterocycles. The molecule has 1 aliphatic heterocycles. The van der Waals surface area contributed by atoms with Crippen molar-refractivity contribution in [1.29, 1.82) is 0 Å². The summed E-state index contributed by atoms with van der Waals surface area (Å²) in [7, 11) is 1.63. The van der Waals surface area contributed by atoms with Crippen molar-refractivity contribution in [2.75, 3.05) is 19.4 Å². The fourth-order valence-electron chi connectivity index (χ4n) is 3.08. The molecule has 0 bridgehead atoms. The molecule has 0 unspecified atom stereocenters. The number of carbonyl (C=O) groups excluding carboxylic acids is 1. The Bertz CT molecular complexity index is 715. The summed E-state index contributed by atoms with van der Waals surface area (Å²) in [5, 5.41) is 0. The van der Waals surface area contributed by atoms with Crippen LogP contribution in [0.3, 0.4) is 0 Å². The Morgan fingerprint density at radius 3 is 2.74 bits per heavy atom. The van der Waals surface area contributed by atoms with Crippen LogP contribution in [0.2, 0.25) is 0 Å². The second kappa shape index (κ2) is 6.24. The number of carbonyl (C=O) groups is 1. The van der Waals surface area contributed by atoms with Crippen molar-refractivity contribution in [3.8, 4) is 16.9 Å². The Kier molecular flexibility index (Phi) is 4.14. The van der Waals surface area contributed by atoms with Gasteiger partial charge in [0.15, 0.2) is 0 Å². The average Bonchev–Trinajstić information content (AvgIpc) is 3.05. The fourth-order valence-corrected chi connectivity index (χ4v) is 3.08. The van der Waals surface area contributed by atoms with Gasteiger partial charge in [-0.1, -0.05) is 12.1 Å². The molecule has 1 aromatic carbocycles. The highest BCUT2D eigenvalue weighted by Crippen LogP contribution is 2.36. The number of amides is 1. The lowest BCUT2D eigenvalue weighted by molar-refractivity contribution is -0.129. The Morgan fingerprint density at radius 2 is 2.09 bits per heavy atom. The normalized spacial score (nSPS) is 17.3. The molecule has 120 valence electrons. The van der Waals surface area contributed by atoms with Gasteiger partial charge in [-0.3, -0.25) is 4.79 Å². The summed E-state index contributed by atoms with van der Waals surface area (Å²) in [5.74, 6) is 1.08. The van der Waals surface area contributed by atoms with Gasteiger partial charge in [0.25, 0.3) is 0 Å². The lowest BCUT2D eigenvalue weighted by atomic mass is 9.99.